The highest BCUT2D eigenvalue weighted by Crippen LogP contribution is 2.26. The Hall–Kier alpha value is -4.10. The molecule has 1 amide bonds. The summed E-state index contributed by atoms with van der Waals surface area (Å²) in [5.41, 5.74) is 4.26. The molecule has 0 bridgehead atoms. The van der Waals surface area contributed by atoms with Gasteiger partial charge in [-0.1, -0.05) is 42.5 Å². The van der Waals surface area contributed by atoms with Gasteiger partial charge in [-0.05, 0) is 35.4 Å². The molecule has 196 valence electrons. The van der Waals surface area contributed by atoms with Crippen LogP contribution in [0.2, 0.25) is 0 Å². The summed E-state index contributed by atoms with van der Waals surface area (Å²) in [4.78, 5) is 26.9. The molecule has 0 fully saturated rings. The Bertz CT molecular complexity index is 1370. The maximum Gasteiger partial charge on any atom is 0.423 e. The molecule has 0 radical (unpaired) electrons. The van der Waals surface area contributed by atoms with Gasteiger partial charge < -0.3 is 17.1 Å². The molecule has 14 heteroatoms. The SMILES string of the molecule is COC(=O)/C(=C\C(=O)NNc1ccc(NS(=O)(=O)c2ccc(-c3ccccc3)cc2)cn1)C(F)(F)F.[Cl-]. The highest BCUT2D eigenvalue weighted by Gasteiger charge is 2.40. The van der Waals surface area contributed by atoms with Crippen molar-refractivity contribution >= 4 is 33.4 Å². The standard InChI is InChI=1S/C23H19F3N4O5S.ClH/c1-35-22(32)19(23(24,25)26)13-21(31)29-28-20-12-9-17(14-27-20)30-36(33,34)18-10-7-16(8-11-18)15-5-3-2-4-6-15;/h2-14,30H,1H3,(H,27,28)(H,29,31);1H/p-1/b19-13+;. The number of amides is 1. The number of esters is 1. The third-order valence-corrected chi connectivity index (χ3v) is 5.98. The monoisotopic (exact) mass is 555 g/mol. The van der Waals surface area contributed by atoms with E-state index in [4.69, 9.17) is 0 Å². The normalized spacial score (nSPS) is 11.6. The second kappa shape index (κ2) is 12.2. The number of nitrogens with zero attached hydrogens (tertiary/aromatic N) is 1. The summed E-state index contributed by atoms with van der Waals surface area (Å²) in [5.74, 6) is -3.03. The summed E-state index contributed by atoms with van der Waals surface area (Å²) in [6.07, 6.45) is -3.93. The summed E-state index contributed by atoms with van der Waals surface area (Å²) in [5, 5.41) is 0. The Morgan fingerprint density at radius 1 is 0.946 bits per heavy atom. The average Bonchev–Trinajstić information content (AvgIpc) is 2.86. The number of carbonyl (C=O) groups is 2. The van der Waals surface area contributed by atoms with Crippen molar-refractivity contribution in [2.24, 2.45) is 0 Å². The minimum absolute atomic E-state index is 0. The van der Waals surface area contributed by atoms with Crippen LogP contribution in [0.5, 0.6) is 0 Å². The number of anilines is 2. The summed E-state index contributed by atoms with van der Waals surface area (Å²) < 4.78 is 70.2. The number of carbonyl (C=O) groups excluding carboxylic acids is 2. The van der Waals surface area contributed by atoms with E-state index in [-0.39, 0.29) is 34.9 Å². The number of halogens is 4. The number of ether oxygens (including phenoxy) is 1. The van der Waals surface area contributed by atoms with Crippen LogP contribution in [0.1, 0.15) is 0 Å². The van der Waals surface area contributed by atoms with E-state index in [0.717, 1.165) is 24.4 Å². The number of aromatic nitrogens is 1. The molecule has 0 aliphatic carbocycles. The lowest BCUT2D eigenvalue weighted by Crippen LogP contribution is -3.00. The number of rotatable bonds is 8. The van der Waals surface area contributed by atoms with Gasteiger partial charge in [0.05, 0.1) is 23.9 Å². The molecule has 3 aromatic rings. The van der Waals surface area contributed by atoms with E-state index < -0.39 is 33.6 Å². The quantitative estimate of drug-likeness (QED) is 0.212. The molecular weight excluding hydrogens is 537 g/mol. The zero-order chi connectivity index (χ0) is 26.3. The second-order valence-corrected chi connectivity index (χ2v) is 8.77. The minimum Gasteiger partial charge on any atom is -1.00 e. The summed E-state index contributed by atoms with van der Waals surface area (Å²) >= 11 is 0. The molecule has 9 nitrogen and oxygen atoms in total. The Morgan fingerprint density at radius 3 is 2.11 bits per heavy atom. The summed E-state index contributed by atoms with van der Waals surface area (Å²) in [6, 6.07) is 18.3. The van der Waals surface area contributed by atoms with E-state index in [9.17, 15) is 31.2 Å². The maximum absolute atomic E-state index is 12.8. The van der Waals surface area contributed by atoms with Gasteiger partial charge in [0.15, 0.2) is 0 Å². The largest absolute Gasteiger partial charge is 1.00 e. The fourth-order valence-corrected chi connectivity index (χ4v) is 3.90. The van der Waals surface area contributed by atoms with Crippen LogP contribution >= 0.6 is 0 Å². The van der Waals surface area contributed by atoms with E-state index in [1.165, 1.54) is 24.3 Å². The fourth-order valence-electron chi connectivity index (χ4n) is 2.86. The van der Waals surface area contributed by atoms with Crippen molar-refractivity contribution in [2.75, 3.05) is 17.3 Å². The maximum atomic E-state index is 12.8. The highest BCUT2D eigenvalue weighted by atomic mass is 35.5. The third kappa shape index (κ3) is 7.95. The van der Waals surface area contributed by atoms with Crippen LogP contribution in [-0.2, 0) is 24.3 Å². The molecule has 3 N–H and O–H groups in total. The Labute approximate surface area is 216 Å². The zero-order valence-electron chi connectivity index (χ0n) is 18.9. The Morgan fingerprint density at radius 2 is 1.57 bits per heavy atom. The first-order valence-corrected chi connectivity index (χ1v) is 11.6. The number of hydrazine groups is 1. The van der Waals surface area contributed by atoms with Crippen LogP contribution in [-0.4, -0.2) is 38.6 Å². The molecule has 3 rings (SSSR count). The van der Waals surface area contributed by atoms with Crippen LogP contribution in [0, 0.1) is 0 Å². The first-order chi connectivity index (χ1) is 17.0. The zero-order valence-corrected chi connectivity index (χ0v) is 20.5. The van der Waals surface area contributed by atoms with Gasteiger partial charge in [-0.2, -0.15) is 13.2 Å². The van der Waals surface area contributed by atoms with Crippen molar-refractivity contribution in [3.05, 3.63) is 84.6 Å². The number of pyridine rings is 1. The van der Waals surface area contributed by atoms with Gasteiger partial charge >= 0.3 is 12.1 Å². The van der Waals surface area contributed by atoms with Crippen molar-refractivity contribution in [3.63, 3.8) is 0 Å². The molecule has 0 aliphatic rings. The number of alkyl halides is 3. The second-order valence-electron chi connectivity index (χ2n) is 7.09. The predicted octanol–water partition coefficient (Wildman–Crippen LogP) is 0.658. The minimum atomic E-state index is -5.09. The van der Waals surface area contributed by atoms with E-state index >= 15 is 0 Å². The lowest BCUT2D eigenvalue weighted by molar-refractivity contribution is -0.148. The number of nitrogens with one attached hydrogen (secondary N) is 3. The van der Waals surface area contributed by atoms with Crippen molar-refractivity contribution in [3.8, 4) is 11.1 Å². The van der Waals surface area contributed by atoms with Gasteiger partial charge in [0, 0.05) is 6.08 Å². The van der Waals surface area contributed by atoms with Crippen molar-refractivity contribution in [1.29, 1.82) is 0 Å². The lowest BCUT2D eigenvalue weighted by atomic mass is 10.1. The molecule has 0 spiro atoms. The Kier molecular flexibility index (Phi) is 9.63. The molecule has 0 saturated carbocycles. The number of benzene rings is 2. The molecule has 1 heterocycles. The predicted molar refractivity (Wildman–Crippen MR) is 125 cm³/mol. The molecule has 37 heavy (non-hydrogen) atoms. The van der Waals surface area contributed by atoms with Gasteiger partial charge in [0.2, 0.25) is 0 Å². The molecule has 2 aromatic carbocycles. The van der Waals surface area contributed by atoms with Crippen molar-refractivity contribution in [1.82, 2.24) is 10.4 Å². The van der Waals surface area contributed by atoms with Crippen molar-refractivity contribution in [2.45, 2.75) is 11.1 Å². The number of methoxy groups -OCH3 is 1. The fraction of sp³-hybridized carbons (Fsp3) is 0.0870. The van der Waals surface area contributed by atoms with Gasteiger partial charge in [0.1, 0.15) is 11.4 Å². The summed E-state index contributed by atoms with van der Waals surface area (Å²) in [6.45, 7) is 0. The van der Waals surface area contributed by atoms with Gasteiger partial charge in [0.25, 0.3) is 15.9 Å². The Balaban J connectivity index is 0.00000481. The third-order valence-electron chi connectivity index (χ3n) is 4.59. The first kappa shape index (κ1) is 29.1. The van der Waals surface area contributed by atoms with E-state index in [1.807, 2.05) is 35.8 Å². The number of hydrogen-bond donors (Lipinski definition) is 3. The molecule has 0 unspecified atom stereocenters. The first-order valence-electron chi connectivity index (χ1n) is 10.1. The van der Waals surface area contributed by atoms with Crippen LogP contribution in [0.25, 0.3) is 11.1 Å². The van der Waals surface area contributed by atoms with E-state index in [2.05, 4.69) is 19.9 Å². The van der Waals surface area contributed by atoms with Gasteiger partial charge in [-0.25, -0.2) is 18.2 Å². The van der Waals surface area contributed by atoms with Gasteiger partial charge in [-0.3, -0.25) is 20.4 Å². The van der Waals surface area contributed by atoms with E-state index in [0.29, 0.717) is 0 Å². The molecule has 0 aliphatic heterocycles. The lowest BCUT2D eigenvalue weighted by Gasteiger charge is -2.11. The smallest absolute Gasteiger partial charge is 0.423 e. The number of hydrogen-bond acceptors (Lipinski definition) is 7. The van der Waals surface area contributed by atoms with Crippen LogP contribution in [0.4, 0.5) is 24.7 Å². The summed E-state index contributed by atoms with van der Waals surface area (Å²) in [7, 11) is -3.18. The molecular formula is C23H19ClF3N4O5S-. The van der Waals surface area contributed by atoms with Crippen LogP contribution in [0.15, 0.2) is 89.5 Å². The molecule has 1 aromatic heterocycles. The molecule has 0 atom stereocenters. The van der Waals surface area contributed by atoms with Crippen molar-refractivity contribution < 1.29 is 48.3 Å². The molecule has 0 saturated heterocycles. The van der Waals surface area contributed by atoms with Gasteiger partial charge in [-0.15, -0.1) is 0 Å². The van der Waals surface area contributed by atoms with E-state index in [1.54, 1.807) is 12.1 Å². The van der Waals surface area contributed by atoms with Crippen LogP contribution in [0.3, 0.4) is 0 Å². The van der Waals surface area contributed by atoms with Crippen LogP contribution < -0.4 is 28.0 Å². The average molecular weight is 556 g/mol. The number of sulfonamides is 1. The topological polar surface area (TPSA) is 126 Å². The highest BCUT2D eigenvalue weighted by molar-refractivity contribution is 7.92.